The van der Waals surface area contributed by atoms with Crippen molar-refractivity contribution in [2.24, 2.45) is 0 Å². The molecule has 0 radical (unpaired) electrons. The van der Waals surface area contributed by atoms with E-state index in [9.17, 15) is 18.4 Å². The molecule has 7 nitrogen and oxygen atoms in total. The summed E-state index contributed by atoms with van der Waals surface area (Å²) in [6, 6.07) is 1.89. The van der Waals surface area contributed by atoms with E-state index in [0.29, 0.717) is 25.1 Å². The number of carbonyl (C=O) groups excluding carboxylic acids is 2. The fourth-order valence-corrected chi connectivity index (χ4v) is 3.17. The average molecular weight is 378 g/mol. The second-order valence-corrected chi connectivity index (χ2v) is 6.19. The molecule has 0 saturated carbocycles. The van der Waals surface area contributed by atoms with Crippen molar-refractivity contribution in [1.82, 2.24) is 20.2 Å². The Bertz CT molecular complexity index is 840. The normalized spacial score (nSPS) is 16.0. The number of esters is 1. The van der Waals surface area contributed by atoms with Crippen LogP contribution in [0.1, 0.15) is 35.8 Å². The second-order valence-electron chi connectivity index (χ2n) is 6.19. The lowest BCUT2D eigenvalue weighted by Gasteiger charge is -2.35. The molecular weight excluding hydrogens is 358 g/mol. The molecule has 2 aromatic rings. The van der Waals surface area contributed by atoms with E-state index in [4.69, 9.17) is 0 Å². The third-order valence-electron chi connectivity index (χ3n) is 4.50. The number of fused-ring (bicyclic) bond motifs is 1. The number of hydrogen-bond acceptors (Lipinski definition) is 4. The van der Waals surface area contributed by atoms with Crippen molar-refractivity contribution in [2.45, 2.75) is 25.3 Å². The number of nitrogens with zero attached hydrogens (tertiary/aromatic N) is 2. The minimum Gasteiger partial charge on any atom is -0.469 e. The zero-order valence-corrected chi connectivity index (χ0v) is 14.8. The average Bonchev–Trinajstić information content (AvgIpc) is 3.14. The lowest BCUT2D eigenvalue weighted by molar-refractivity contribution is -0.140. The summed E-state index contributed by atoms with van der Waals surface area (Å²) < 4.78 is 32.7. The molecule has 27 heavy (non-hydrogen) atoms. The first-order valence-electron chi connectivity index (χ1n) is 8.59. The van der Waals surface area contributed by atoms with Crippen molar-refractivity contribution in [3.8, 4) is 0 Å². The molecule has 0 spiro atoms. The van der Waals surface area contributed by atoms with Crippen LogP contribution in [-0.2, 0) is 16.0 Å². The quantitative estimate of drug-likeness (QED) is 0.617. The SMILES string of the molecule is COC(=O)CCCNC(=O)N1CCc2[nH]cnc2C1c1cc(F)ccc1F. The third-order valence-corrected chi connectivity index (χ3v) is 4.50. The van der Waals surface area contributed by atoms with Crippen LogP contribution in [0.15, 0.2) is 24.5 Å². The highest BCUT2D eigenvalue weighted by molar-refractivity contribution is 5.76. The molecule has 2 amide bonds. The van der Waals surface area contributed by atoms with Gasteiger partial charge in [0.05, 0.1) is 19.1 Å². The van der Waals surface area contributed by atoms with Gasteiger partial charge in [0.25, 0.3) is 0 Å². The summed E-state index contributed by atoms with van der Waals surface area (Å²) >= 11 is 0. The van der Waals surface area contributed by atoms with Gasteiger partial charge in [0, 0.05) is 37.2 Å². The Labute approximate surface area is 154 Å². The van der Waals surface area contributed by atoms with Gasteiger partial charge in [-0.3, -0.25) is 4.79 Å². The summed E-state index contributed by atoms with van der Waals surface area (Å²) in [5, 5.41) is 2.71. The molecule has 2 N–H and O–H groups in total. The van der Waals surface area contributed by atoms with Crippen LogP contribution in [0, 0.1) is 11.6 Å². The molecule has 0 aliphatic carbocycles. The Morgan fingerprint density at radius 3 is 3.00 bits per heavy atom. The van der Waals surface area contributed by atoms with Crippen molar-refractivity contribution in [1.29, 1.82) is 0 Å². The highest BCUT2D eigenvalue weighted by atomic mass is 19.1. The van der Waals surface area contributed by atoms with Gasteiger partial charge in [-0.25, -0.2) is 18.6 Å². The molecule has 0 bridgehead atoms. The first kappa shape index (κ1) is 18.8. The van der Waals surface area contributed by atoms with Crippen molar-refractivity contribution in [3.63, 3.8) is 0 Å². The van der Waals surface area contributed by atoms with E-state index in [1.165, 1.54) is 18.3 Å². The van der Waals surface area contributed by atoms with Crippen LogP contribution in [0.5, 0.6) is 0 Å². The van der Waals surface area contributed by atoms with Crippen molar-refractivity contribution >= 4 is 12.0 Å². The fraction of sp³-hybridized carbons (Fsp3) is 0.389. The van der Waals surface area contributed by atoms with Gasteiger partial charge in [-0.15, -0.1) is 0 Å². The van der Waals surface area contributed by atoms with E-state index in [2.05, 4.69) is 20.0 Å². The Morgan fingerprint density at radius 1 is 1.41 bits per heavy atom. The van der Waals surface area contributed by atoms with Crippen molar-refractivity contribution in [2.75, 3.05) is 20.2 Å². The van der Waals surface area contributed by atoms with Gasteiger partial charge in [-0.2, -0.15) is 0 Å². The van der Waals surface area contributed by atoms with Crippen LogP contribution in [0.25, 0.3) is 0 Å². The number of carbonyl (C=O) groups is 2. The largest absolute Gasteiger partial charge is 0.469 e. The maximum atomic E-state index is 14.4. The first-order chi connectivity index (χ1) is 13.0. The number of nitrogens with one attached hydrogen (secondary N) is 2. The van der Waals surface area contributed by atoms with Crippen LogP contribution >= 0.6 is 0 Å². The Kier molecular flexibility index (Phi) is 5.68. The van der Waals surface area contributed by atoms with Crippen molar-refractivity contribution < 1.29 is 23.1 Å². The molecule has 2 heterocycles. The maximum Gasteiger partial charge on any atom is 0.318 e. The van der Waals surface area contributed by atoms with Crippen LogP contribution < -0.4 is 5.32 Å². The van der Waals surface area contributed by atoms with E-state index in [0.717, 1.165) is 23.9 Å². The van der Waals surface area contributed by atoms with Gasteiger partial charge in [0.2, 0.25) is 0 Å². The molecule has 0 saturated heterocycles. The van der Waals surface area contributed by atoms with E-state index in [-0.39, 0.29) is 24.5 Å². The number of ether oxygens (including phenoxy) is 1. The third kappa shape index (κ3) is 4.07. The number of hydrogen-bond donors (Lipinski definition) is 2. The van der Waals surface area contributed by atoms with Crippen LogP contribution in [0.3, 0.4) is 0 Å². The molecule has 1 aliphatic rings. The molecule has 0 fully saturated rings. The molecule has 144 valence electrons. The minimum absolute atomic E-state index is 0.0489. The molecule has 1 atom stereocenters. The topological polar surface area (TPSA) is 87.3 Å². The van der Waals surface area contributed by atoms with Crippen LogP contribution in [0.4, 0.5) is 13.6 Å². The molecule has 9 heteroatoms. The summed E-state index contributed by atoms with van der Waals surface area (Å²) in [5.74, 6) is -1.56. The van der Waals surface area contributed by atoms with Gasteiger partial charge in [-0.05, 0) is 24.6 Å². The van der Waals surface area contributed by atoms with Gasteiger partial charge >= 0.3 is 12.0 Å². The van der Waals surface area contributed by atoms with Gasteiger partial charge in [0.1, 0.15) is 17.7 Å². The summed E-state index contributed by atoms with van der Waals surface area (Å²) in [5.41, 5.74) is 1.33. The standard InChI is InChI=1S/C18H20F2N4O3/c1-27-15(25)3-2-7-21-18(26)24-8-6-14-16(23-10-22-14)17(24)12-9-11(19)4-5-13(12)20/h4-5,9-10,17H,2-3,6-8H2,1H3,(H,21,26)(H,22,23). The number of amides is 2. The van der Waals surface area contributed by atoms with Gasteiger partial charge in [-0.1, -0.05) is 0 Å². The van der Waals surface area contributed by atoms with Crippen LogP contribution in [-0.4, -0.2) is 47.1 Å². The van der Waals surface area contributed by atoms with Gasteiger partial charge in [0.15, 0.2) is 0 Å². The van der Waals surface area contributed by atoms with Crippen LogP contribution in [0.2, 0.25) is 0 Å². The highest BCUT2D eigenvalue weighted by Gasteiger charge is 2.35. The van der Waals surface area contributed by atoms with E-state index in [1.807, 2.05) is 0 Å². The van der Waals surface area contributed by atoms with E-state index in [1.54, 1.807) is 0 Å². The predicted molar refractivity (Wildman–Crippen MR) is 91.8 cm³/mol. The number of H-pyrrole nitrogens is 1. The Morgan fingerprint density at radius 2 is 2.22 bits per heavy atom. The maximum absolute atomic E-state index is 14.4. The smallest absolute Gasteiger partial charge is 0.318 e. The zero-order valence-electron chi connectivity index (χ0n) is 14.8. The fourth-order valence-electron chi connectivity index (χ4n) is 3.17. The Hall–Kier alpha value is -2.97. The number of aromatic nitrogens is 2. The molecule has 1 aromatic carbocycles. The first-order valence-corrected chi connectivity index (χ1v) is 8.59. The van der Waals surface area contributed by atoms with Crippen molar-refractivity contribution in [3.05, 3.63) is 53.1 Å². The van der Waals surface area contributed by atoms with E-state index < -0.39 is 23.7 Å². The second kappa shape index (κ2) is 8.15. The zero-order chi connectivity index (χ0) is 19.4. The number of methoxy groups -OCH3 is 1. The molecule has 1 aliphatic heterocycles. The Balaban J connectivity index is 1.80. The summed E-state index contributed by atoms with van der Waals surface area (Å²) in [7, 11) is 1.30. The lowest BCUT2D eigenvalue weighted by atomic mass is 9.95. The van der Waals surface area contributed by atoms with E-state index >= 15 is 0 Å². The summed E-state index contributed by atoms with van der Waals surface area (Å²) in [4.78, 5) is 32.4. The summed E-state index contributed by atoms with van der Waals surface area (Å²) in [6.45, 7) is 0.578. The predicted octanol–water partition coefficient (Wildman–Crippen LogP) is 2.30. The number of halogens is 2. The lowest BCUT2D eigenvalue weighted by Crippen LogP contribution is -2.46. The highest BCUT2D eigenvalue weighted by Crippen LogP contribution is 2.34. The minimum atomic E-state index is -0.837. The number of urea groups is 1. The van der Waals surface area contributed by atoms with Gasteiger partial charge < -0.3 is 19.9 Å². The molecule has 3 rings (SSSR count). The number of benzene rings is 1. The molecular formula is C18H20F2N4O3. The molecule has 1 unspecified atom stereocenters. The molecule has 1 aromatic heterocycles. The number of rotatable bonds is 5. The summed E-state index contributed by atoms with van der Waals surface area (Å²) in [6.07, 6.45) is 2.60. The number of imidazole rings is 1. The monoisotopic (exact) mass is 378 g/mol. The number of aromatic amines is 1.